The van der Waals surface area contributed by atoms with E-state index in [0.717, 1.165) is 11.8 Å². The highest BCUT2D eigenvalue weighted by Crippen LogP contribution is 2.05. The molecule has 14 heavy (non-hydrogen) atoms. The minimum Gasteiger partial charge on any atom is -0.298 e. The van der Waals surface area contributed by atoms with Crippen LogP contribution in [0.4, 0.5) is 0 Å². The van der Waals surface area contributed by atoms with Gasteiger partial charge in [-0.25, -0.2) is 9.67 Å². The van der Waals surface area contributed by atoms with E-state index < -0.39 is 0 Å². The zero-order valence-electron chi connectivity index (χ0n) is 7.71. The van der Waals surface area contributed by atoms with E-state index in [1.54, 1.807) is 29.2 Å². The topological polar surface area (TPSA) is 47.8 Å². The fourth-order valence-electron chi connectivity index (χ4n) is 1.17. The number of hydrogen-bond acceptors (Lipinski definition) is 3. The second kappa shape index (κ2) is 3.41. The summed E-state index contributed by atoms with van der Waals surface area (Å²) in [6.45, 7) is 1.95. The maximum Gasteiger partial charge on any atom is 0.153 e. The molecule has 0 spiro atoms. The zero-order chi connectivity index (χ0) is 9.97. The maximum atomic E-state index is 10.5. The summed E-state index contributed by atoms with van der Waals surface area (Å²) < 4.78 is 1.64. The summed E-state index contributed by atoms with van der Waals surface area (Å²) in [4.78, 5) is 14.7. The van der Waals surface area contributed by atoms with Crippen molar-refractivity contribution in [2.75, 3.05) is 0 Å². The Balaban J connectivity index is 2.46. The van der Waals surface area contributed by atoms with E-state index in [9.17, 15) is 4.79 Å². The molecule has 0 bridgehead atoms. The number of aryl methyl sites for hydroxylation is 1. The molecule has 2 aromatic rings. The van der Waals surface area contributed by atoms with Gasteiger partial charge < -0.3 is 0 Å². The van der Waals surface area contributed by atoms with Crippen LogP contribution in [0.3, 0.4) is 0 Å². The second-order valence-corrected chi connectivity index (χ2v) is 3.03. The minimum absolute atomic E-state index is 0.600. The lowest BCUT2D eigenvalue weighted by Crippen LogP contribution is -1.98. The quantitative estimate of drug-likeness (QED) is 0.667. The van der Waals surface area contributed by atoms with Crippen LogP contribution in [0.1, 0.15) is 15.9 Å². The lowest BCUT2D eigenvalue weighted by Gasteiger charge is -1.99. The van der Waals surface area contributed by atoms with Gasteiger partial charge in [-0.05, 0) is 24.6 Å². The van der Waals surface area contributed by atoms with Gasteiger partial charge in [-0.2, -0.15) is 5.10 Å². The van der Waals surface area contributed by atoms with Gasteiger partial charge >= 0.3 is 0 Å². The summed E-state index contributed by atoms with van der Waals surface area (Å²) in [5.74, 6) is 0.655. The molecule has 0 aliphatic carbocycles. The van der Waals surface area contributed by atoms with Gasteiger partial charge in [0.1, 0.15) is 6.29 Å². The minimum atomic E-state index is 0.600. The van der Waals surface area contributed by atoms with Crippen molar-refractivity contribution in [1.29, 1.82) is 0 Å². The molecule has 0 aliphatic rings. The fraction of sp³-hybridized carbons (Fsp3) is 0.100. The Labute approximate surface area is 81.2 Å². The standard InChI is InChI=1S/C10H9N3O/c1-8-5-12-13(6-8)10-4-9(7-14)2-3-11-10/h2-7H,1H3. The smallest absolute Gasteiger partial charge is 0.153 e. The SMILES string of the molecule is Cc1cnn(-c2cc(C=O)ccn2)c1. The molecule has 0 saturated carbocycles. The molecule has 0 fully saturated rings. The summed E-state index contributed by atoms with van der Waals surface area (Å²) >= 11 is 0. The van der Waals surface area contributed by atoms with Gasteiger partial charge in [0, 0.05) is 18.0 Å². The van der Waals surface area contributed by atoms with Crippen molar-refractivity contribution in [3.63, 3.8) is 0 Å². The van der Waals surface area contributed by atoms with Crippen LogP contribution in [-0.2, 0) is 0 Å². The number of aromatic nitrogens is 3. The average molecular weight is 187 g/mol. The van der Waals surface area contributed by atoms with Crippen LogP contribution in [0.5, 0.6) is 0 Å². The molecule has 0 aliphatic heterocycles. The molecule has 70 valence electrons. The average Bonchev–Trinajstić information content (AvgIpc) is 2.65. The molecule has 2 heterocycles. The molecule has 2 aromatic heterocycles. The Morgan fingerprint density at radius 2 is 2.36 bits per heavy atom. The van der Waals surface area contributed by atoms with Crippen LogP contribution in [0.15, 0.2) is 30.7 Å². The predicted molar refractivity (Wildman–Crippen MR) is 51.5 cm³/mol. The molecule has 0 saturated heterocycles. The number of carbonyl (C=O) groups excluding carboxylic acids is 1. The van der Waals surface area contributed by atoms with Crippen molar-refractivity contribution < 1.29 is 4.79 Å². The van der Waals surface area contributed by atoms with Crippen molar-refractivity contribution in [2.24, 2.45) is 0 Å². The Kier molecular flexibility index (Phi) is 2.10. The van der Waals surface area contributed by atoms with E-state index in [4.69, 9.17) is 0 Å². The lowest BCUT2D eigenvalue weighted by molar-refractivity contribution is 0.112. The molecule has 0 atom stereocenters. The number of carbonyl (C=O) groups is 1. The van der Waals surface area contributed by atoms with Gasteiger partial charge in [-0.3, -0.25) is 4.79 Å². The fourth-order valence-corrected chi connectivity index (χ4v) is 1.17. The maximum absolute atomic E-state index is 10.5. The van der Waals surface area contributed by atoms with Crippen molar-refractivity contribution in [2.45, 2.75) is 6.92 Å². The van der Waals surface area contributed by atoms with E-state index in [0.29, 0.717) is 11.4 Å². The zero-order valence-corrected chi connectivity index (χ0v) is 7.71. The van der Waals surface area contributed by atoms with E-state index in [1.807, 2.05) is 13.1 Å². The van der Waals surface area contributed by atoms with Crippen LogP contribution in [0.25, 0.3) is 5.82 Å². The van der Waals surface area contributed by atoms with E-state index in [-0.39, 0.29) is 0 Å². The molecule has 4 heteroatoms. The number of pyridine rings is 1. The number of aldehydes is 1. The van der Waals surface area contributed by atoms with Gasteiger partial charge in [-0.15, -0.1) is 0 Å². The van der Waals surface area contributed by atoms with Gasteiger partial charge in [0.2, 0.25) is 0 Å². The van der Waals surface area contributed by atoms with Crippen LogP contribution >= 0.6 is 0 Å². The monoisotopic (exact) mass is 187 g/mol. The molecule has 4 nitrogen and oxygen atoms in total. The molecule has 2 rings (SSSR count). The van der Waals surface area contributed by atoms with Crippen LogP contribution < -0.4 is 0 Å². The molecule has 0 unspecified atom stereocenters. The summed E-state index contributed by atoms with van der Waals surface area (Å²) in [5.41, 5.74) is 1.66. The second-order valence-electron chi connectivity index (χ2n) is 3.03. The summed E-state index contributed by atoms with van der Waals surface area (Å²) in [6, 6.07) is 3.35. The lowest BCUT2D eigenvalue weighted by atomic mass is 10.3. The number of rotatable bonds is 2. The summed E-state index contributed by atoms with van der Waals surface area (Å²) in [6.07, 6.45) is 5.99. The first-order valence-electron chi connectivity index (χ1n) is 4.22. The largest absolute Gasteiger partial charge is 0.298 e. The van der Waals surface area contributed by atoms with Gasteiger partial charge in [0.05, 0.1) is 6.20 Å². The predicted octanol–water partition coefficient (Wildman–Crippen LogP) is 1.39. The van der Waals surface area contributed by atoms with Crippen molar-refractivity contribution >= 4 is 6.29 Å². The van der Waals surface area contributed by atoms with E-state index in [1.165, 1.54) is 0 Å². The Morgan fingerprint density at radius 1 is 1.50 bits per heavy atom. The van der Waals surface area contributed by atoms with Gasteiger partial charge in [-0.1, -0.05) is 0 Å². The first-order chi connectivity index (χ1) is 6.79. The molecule has 0 radical (unpaired) electrons. The number of nitrogens with zero attached hydrogens (tertiary/aromatic N) is 3. The van der Waals surface area contributed by atoms with E-state index >= 15 is 0 Å². The first kappa shape index (κ1) is 8.62. The Hall–Kier alpha value is -1.97. The Morgan fingerprint density at radius 3 is 3.00 bits per heavy atom. The van der Waals surface area contributed by atoms with Gasteiger partial charge in [0.25, 0.3) is 0 Å². The van der Waals surface area contributed by atoms with Crippen LogP contribution in [0, 0.1) is 6.92 Å². The van der Waals surface area contributed by atoms with Crippen molar-refractivity contribution in [1.82, 2.24) is 14.8 Å². The highest BCUT2D eigenvalue weighted by Gasteiger charge is 2.00. The first-order valence-corrected chi connectivity index (χ1v) is 4.22. The third-order valence-corrected chi connectivity index (χ3v) is 1.85. The van der Waals surface area contributed by atoms with Gasteiger partial charge in [0.15, 0.2) is 5.82 Å². The molecular formula is C10H9N3O. The van der Waals surface area contributed by atoms with Crippen LogP contribution in [-0.4, -0.2) is 21.1 Å². The third kappa shape index (κ3) is 1.54. The summed E-state index contributed by atoms with van der Waals surface area (Å²) in [5, 5.41) is 4.10. The molecule has 0 N–H and O–H groups in total. The normalized spacial score (nSPS) is 10.1. The van der Waals surface area contributed by atoms with E-state index in [2.05, 4.69) is 10.1 Å². The summed E-state index contributed by atoms with van der Waals surface area (Å²) in [7, 11) is 0. The molecule has 0 amide bonds. The highest BCUT2D eigenvalue weighted by atomic mass is 16.1. The molecular weight excluding hydrogens is 178 g/mol. The third-order valence-electron chi connectivity index (χ3n) is 1.85. The van der Waals surface area contributed by atoms with Crippen LogP contribution in [0.2, 0.25) is 0 Å². The number of hydrogen-bond donors (Lipinski definition) is 0. The highest BCUT2D eigenvalue weighted by molar-refractivity contribution is 5.75. The van der Waals surface area contributed by atoms with Crippen molar-refractivity contribution in [3.05, 3.63) is 41.9 Å². The Bertz CT molecular complexity index is 462. The van der Waals surface area contributed by atoms with Crippen molar-refractivity contribution in [3.8, 4) is 5.82 Å². The molecule has 0 aromatic carbocycles.